The first kappa shape index (κ1) is 17.6. The number of benzene rings is 1. The smallest absolute Gasteiger partial charge is 0.232 e. The third-order valence-electron chi connectivity index (χ3n) is 4.04. The van der Waals surface area contributed by atoms with Crippen molar-refractivity contribution >= 4 is 32.8 Å². The van der Waals surface area contributed by atoms with Crippen LogP contribution in [0.15, 0.2) is 0 Å². The van der Waals surface area contributed by atoms with Gasteiger partial charge < -0.3 is 0 Å². The van der Waals surface area contributed by atoms with Crippen molar-refractivity contribution in [2.75, 3.05) is 0 Å². The molecule has 0 amide bonds. The predicted octanol–water partition coefficient (Wildman–Crippen LogP) is 0.746. The monoisotopic (exact) mass is 384 g/mol. The third kappa shape index (κ3) is 2.27. The van der Waals surface area contributed by atoms with Crippen LogP contribution in [0.3, 0.4) is 0 Å². The van der Waals surface area contributed by atoms with Gasteiger partial charge in [-0.25, -0.2) is 29.9 Å². The molecule has 132 valence electrons. The molecule has 0 N–H and O–H groups in total. The first-order valence-electron chi connectivity index (χ1n) is 7.77. The van der Waals surface area contributed by atoms with Gasteiger partial charge in [-0.05, 0) is 0 Å². The largest absolute Gasteiger partial charge is 0.234 e. The lowest BCUT2D eigenvalue weighted by molar-refractivity contribution is 1.12. The summed E-state index contributed by atoms with van der Waals surface area (Å²) in [6.45, 7) is 0. The minimum Gasteiger partial charge on any atom is -0.232 e. The van der Waals surface area contributed by atoms with Crippen molar-refractivity contribution in [3.8, 4) is 36.4 Å². The first-order chi connectivity index (χ1) is 14.6. The third-order valence-corrected chi connectivity index (χ3v) is 4.04. The van der Waals surface area contributed by atoms with E-state index in [2.05, 4.69) is 29.9 Å². The Hall–Kier alpha value is -5.82. The van der Waals surface area contributed by atoms with Gasteiger partial charge in [-0.2, -0.15) is 31.6 Å². The molecule has 0 atom stereocenters. The highest BCUT2D eigenvalue weighted by Gasteiger charge is 2.24. The minimum absolute atomic E-state index is 0.0114. The lowest BCUT2D eigenvalue weighted by Crippen LogP contribution is -2.05. The standard InChI is InChI=1S/C18N12/c19-1-7-8(2-20)28-18-16(27-7)13-9(3-21)25-11(5-23)29-15(13)14-10(4-22)26-12(6-24)30-17(14)18. The van der Waals surface area contributed by atoms with Crippen LogP contribution < -0.4 is 0 Å². The van der Waals surface area contributed by atoms with E-state index in [1.165, 1.54) is 0 Å². The maximum atomic E-state index is 9.57. The molecule has 30 heavy (non-hydrogen) atoms. The van der Waals surface area contributed by atoms with Crippen molar-refractivity contribution in [1.82, 2.24) is 29.9 Å². The summed E-state index contributed by atoms with van der Waals surface area (Å²) in [5, 5.41) is 56.2. The SMILES string of the molecule is N#Cc1nc(C#N)c2c(n1)c1nc(C#N)c(C#N)nc1c1c(C#N)nc(C#N)nc21. The first-order valence-corrected chi connectivity index (χ1v) is 7.77. The molecule has 0 spiro atoms. The maximum Gasteiger partial charge on any atom is 0.234 e. The van der Waals surface area contributed by atoms with Crippen LogP contribution in [0, 0.1) is 68.0 Å². The Balaban J connectivity index is 2.50. The highest BCUT2D eigenvalue weighted by Crippen LogP contribution is 2.34. The molecule has 4 rings (SSSR count). The molecule has 0 bridgehead atoms. The Labute approximate surface area is 165 Å². The van der Waals surface area contributed by atoms with E-state index in [1.54, 1.807) is 24.3 Å². The molecule has 4 aromatic rings. The second-order valence-corrected chi connectivity index (χ2v) is 5.53. The molecular weight excluding hydrogens is 384 g/mol. The predicted molar refractivity (Wildman–Crippen MR) is 94.0 cm³/mol. The Morgan fingerprint density at radius 3 is 1.20 bits per heavy atom. The van der Waals surface area contributed by atoms with Gasteiger partial charge in [-0.15, -0.1) is 0 Å². The number of fused-ring (bicyclic) bond motifs is 6. The molecular formula is C18N12. The molecule has 0 aliphatic heterocycles. The normalized spacial score (nSPS) is 9.80. The Kier molecular flexibility index (Phi) is 3.76. The van der Waals surface area contributed by atoms with Crippen molar-refractivity contribution < 1.29 is 0 Å². The van der Waals surface area contributed by atoms with Crippen LogP contribution in [0.1, 0.15) is 34.4 Å². The summed E-state index contributed by atoms with van der Waals surface area (Å²) in [5.74, 6) is -0.700. The zero-order valence-corrected chi connectivity index (χ0v) is 14.4. The number of hydrogen-bond acceptors (Lipinski definition) is 12. The lowest BCUT2D eigenvalue weighted by Gasteiger charge is -2.10. The molecule has 1 aromatic carbocycles. The van der Waals surface area contributed by atoms with E-state index in [9.17, 15) is 31.6 Å². The molecule has 12 heteroatoms. The summed E-state index contributed by atoms with van der Waals surface area (Å²) >= 11 is 0. The van der Waals surface area contributed by atoms with Crippen LogP contribution in [0.2, 0.25) is 0 Å². The summed E-state index contributed by atoms with van der Waals surface area (Å²) in [6.07, 6.45) is 0. The Morgan fingerprint density at radius 2 is 0.767 bits per heavy atom. The fraction of sp³-hybridized carbons (Fsp3) is 0. The highest BCUT2D eigenvalue weighted by atomic mass is 14.9. The number of nitriles is 6. The van der Waals surface area contributed by atoms with Gasteiger partial charge in [0.2, 0.25) is 11.6 Å². The molecule has 0 aliphatic rings. The fourth-order valence-corrected chi connectivity index (χ4v) is 2.91. The van der Waals surface area contributed by atoms with E-state index in [1.807, 2.05) is 12.1 Å². The van der Waals surface area contributed by atoms with Gasteiger partial charge in [0.1, 0.15) is 53.0 Å². The van der Waals surface area contributed by atoms with E-state index in [-0.39, 0.29) is 67.3 Å². The van der Waals surface area contributed by atoms with Crippen molar-refractivity contribution in [3.63, 3.8) is 0 Å². The number of aromatic nitrogens is 6. The van der Waals surface area contributed by atoms with Crippen molar-refractivity contribution in [1.29, 1.82) is 31.6 Å². The van der Waals surface area contributed by atoms with Gasteiger partial charge in [0, 0.05) is 0 Å². The van der Waals surface area contributed by atoms with E-state index in [0.29, 0.717) is 0 Å². The van der Waals surface area contributed by atoms with Crippen molar-refractivity contribution in [3.05, 3.63) is 34.4 Å². The molecule has 0 radical (unpaired) electrons. The second kappa shape index (κ2) is 6.41. The minimum atomic E-state index is -0.352. The maximum absolute atomic E-state index is 9.57. The zero-order valence-electron chi connectivity index (χ0n) is 14.4. The van der Waals surface area contributed by atoms with E-state index < -0.39 is 0 Å². The quantitative estimate of drug-likeness (QED) is 0.383. The number of hydrogen-bond donors (Lipinski definition) is 0. The highest BCUT2D eigenvalue weighted by molar-refractivity contribution is 6.22. The van der Waals surface area contributed by atoms with Gasteiger partial charge in [0.05, 0.1) is 16.3 Å². The van der Waals surface area contributed by atoms with Crippen LogP contribution in [-0.4, -0.2) is 29.9 Å². The molecule has 0 unspecified atom stereocenters. The van der Waals surface area contributed by atoms with Crippen LogP contribution in [0.4, 0.5) is 0 Å². The summed E-state index contributed by atoms with van der Waals surface area (Å²) in [7, 11) is 0. The molecule has 3 aromatic heterocycles. The second-order valence-electron chi connectivity index (χ2n) is 5.53. The van der Waals surface area contributed by atoms with E-state index in [4.69, 9.17) is 0 Å². The molecule has 12 nitrogen and oxygen atoms in total. The molecule has 0 aliphatic carbocycles. The van der Waals surface area contributed by atoms with Crippen LogP contribution in [0.5, 0.6) is 0 Å². The summed E-state index contributed by atoms with van der Waals surface area (Å²) in [4.78, 5) is 24.1. The van der Waals surface area contributed by atoms with Gasteiger partial charge in [0.25, 0.3) is 0 Å². The van der Waals surface area contributed by atoms with Gasteiger partial charge in [-0.1, -0.05) is 0 Å². The number of nitrogens with zero attached hydrogens (tertiary/aromatic N) is 12. The zero-order chi connectivity index (χ0) is 21.4. The summed E-state index contributed by atoms with van der Waals surface area (Å²) in [5.41, 5.74) is -1.29. The van der Waals surface area contributed by atoms with E-state index in [0.717, 1.165) is 0 Å². The Bertz CT molecular complexity index is 1660. The molecule has 3 heterocycles. The van der Waals surface area contributed by atoms with Crippen molar-refractivity contribution in [2.45, 2.75) is 0 Å². The molecule has 0 fully saturated rings. The molecule has 0 saturated heterocycles. The fourth-order valence-electron chi connectivity index (χ4n) is 2.91. The lowest BCUT2D eigenvalue weighted by atomic mass is 10.0. The number of rotatable bonds is 0. The average molecular weight is 384 g/mol. The van der Waals surface area contributed by atoms with Crippen LogP contribution >= 0.6 is 0 Å². The molecule has 0 saturated carbocycles. The van der Waals surface area contributed by atoms with Crippen LogP contribution in [-0.2, 0) is 0 Å². The van der Waals surface area contributed by atoms with Gasteiger partial charge in [-0.3, -0.25) is 0 Å². The van der Waals surface area contributed by atoms with Gasteiger partial charge in [0.15, 0.2) is 22.8 Å². The van der Waals surface area contributed by atoms with E-state index >= 15 is 0 Å². The summed E-state index contributed by atoms with van der Waals surface area (Å²) in [6, 6.07) is 10.6. The topological polar surface area (TPSA) is 220 Å². The van der Waals surface area contributed by atoms with Crippen LogP contribution in [0.25, 0.3) is 32.8 Å². The van der Waals surface area contributed by atoms with Gasteiger partial charge >= 0.3 is 0 Å². The van der Waals surface area contributed by atoms with Crippen molar-refractivity contribution in [2.24, 2.45) is 0 Å². The Morgan fingerprint density at radius 1 is 0.367 bits per heavy atom. The summed E-state index contributed by atoms with van der Waals surface area (Å²) < 4.78 is 0. The average Bonchev–Trinajstić information content (AvgIpc) is 2.81.